The second kappa shape index (κ2) is 10.4. The van der Waals surface area contributed by atoms with E-state index in [9.17, 15) is 9.59 Å². The molecule has 0 spiro atoms. The molecule has 0 unspecified atom stereocenters. The second-order valence-corrected chi connectivity index (χ2v) is 8.51. The van der Waals surface area contributed by atoms with Crippen molar-refractivity contribution >= 4 is 39.5 Å². The van der Waals surface area contributed by atoms with Gasteiger partial charge in [0.25, 0.3) is 11.8 Å². The van der Waals surface area contributed by atoms with Gasteiger partial charge in [0, 0.05) is 10.0 Å². The summed E-state index contributed by atoms with van der Waals surface area (Å²) >= 11 is 3.43. The van der Waals surface area contributed by atoms with Crippen LogP contribution in [0.25, 0.3) is 6.08 Å². The molecule has 1 N–H and O–H groups in total. The van der Waals surface area contributed by atoms with Gasteiger partial charge in [-0.2, -0.15) is 0 Å². The Morgan fingerprint density at radius 1 is 1.06 bits per heavy atom. The summed E-state index contributed by atoms with van der Waals surface area (Å²) < 4.78 is 12.7. The van der Waals surface area contributed by atoms with Gasteiger partial charge in [-0.05, 0) is 60.0 Å². The second-order valence-electron chi connectivity index (χ2n) is 7.59. The first kappa shape index (κ1) is 23.3. The van der Waals surface area contributed by atoms with Crippen molar-refractivity contribution in [3.05, 3.63) is 106 Å². The molecule has 0 bridgehead atoms. The number of hydrogen-bond donors (Lipinski definition) is 1. The normalized spacial score (nSPS) is 14.3. The van der Waals surface area contributed by atoms with Gasteiger partial charge in [-0.25, -0.2) is 5.01 Å². The predicted octanol–water partition coefficient (Wildman–Crippen LogP) is 5.23. The molecular formula is C27H23BrN2O4. The summed E-state index contributed by atoms with van der Waals surface area (Å²) in [5.41, 5.74) is 5.74. The van der Waals surface area contributed by atoms with Crippen LogP contribution in [0.1, 0.15) is 16.7 Å². The van der Waals surface area contributed by atoms with Crippen LogP contribution in [0.4, 0.5) is 5.69 Å². The molecule has 0 atom stereocenters. The number of hydrogen-bond acceptors (Lipinski definition) is 4. The Balaban J connectivity index is 1.64. The molecule has 0 radical (unpaired) electrons. The number of benzene rings is 3. The third kappa shape index (κ3) is 5.05. The molecule has 34 heavy (non-hydrogen) atoms. The average Bonchev–Trinajstić information content (AvgIpc) is 3.13. The molecule has 1 fully saturated rings. The number of anilines is 1. The Morgan fingerprint density at radius 3 is 2.47 bits per heavy atom. The fourth-order valence-corrected chi connectivity index (χ4v) is 3.87. The monoisotopic (exact) mass is 518 g/mol. The van der Waals surface area contributed by atoms with E-state index in [1.165, 1.54) is 5.01 Å². The van der Waals surface area contributed by atoms with Crippen LogP contribution in [-0.4, -0.2) is 18.9 Å². The van der Waals surface area contributed by atoms with Gasteiger partial charge in [0.1, 0.15) is 12.2 Å². The maximum absolute atomic E-state index is 12.9. The lowest BCUT2D eigenvalue weighted by molar-refractivity contribution is -0.117. The topological polar surface area (TPSA) is 67.9 Å². The third-order valence-corrected chi connectivity index (χ3v) is 5.78. The highest BCUT2D eigenvalue weighted by atomic mass is 79.9. The Morgan fingerprint density at radius 2 is 1.79 bits per heavy atom. The number of amides is 2. The summed E-state index contributed by atoms with van der Waals surface area (Å²) in [7, 11) is 1.56. The molecule has 0 saturated carbocycles. The molecule has 3 aromatic rings. The summed E-state index contributed by atoms with van der Waals surface area (Å²) in [6.07, 6.45) is 3.86. The summed E-state index contributed by atoms with van der Waals surface area (Å²) in [4.78, 5) is 25.5. The minimum Gasteiger partial charge on any atom is -0.493 e. The Bertz CT molecular complexity index is 1250. The zero-order valence-corrected chi connectivity index (χ0v) is 20.2. The molecular weight excluding hydrogens is 496 g/mol. The van der Waals surface area contributed by atoms with E-state index in [0.717, 1.165) is 15.6 Å². The number of nitrogens with one attached hydrogen (secondary N) is 1. The lowest BCUT2D eigenvalue weighted by Crippen LogP contribution is -2.35. The van der Waals surface area contributed by atoms with E-state index < -0.39 is 11.8 Å². The molecule has 172 valence electrons. The number of ether oxygens (including phenoxy) is 2. The zero-order chi connectivity index (χ0) is 24.1. The van der Waals surface area contributed by atoms with Gasteiger partial charge in [-0.15, -0.1) is 6.58 Å². The molecule has 0 aliphatic carbocycles. The molecule has 1 aliphatic rings. The van der Waals surface area contributed by atoms with E-state index in [2.05, 4.69) is 27.9 Å². The van der Waals surface area contributed by atoms with Crippen LogP contribution in [0.2, 0.25) is 0 Å². The number of carbonyl (C=O) groups excluding carboxylic acids is 2. The summed E-state index contributed by atoms with van der Waals surface area (Å²) in [5, 5.41) is 1.24. The van der Waals surface area contributed by atoms with E-state index in [0.29, 0.717) is 35.8 Å². The maximum atomic E-state index is 12.9. The minimum absolute atomic E-state index is 0.0407. The molecule has 0 aromatic heterocycles. The number of carbonyl (C=O) groups is 2. The van der Waals surface area contributed by atoms with Crippen molar-refractivity contribution < 1.29 is 19.1 Å². The molecule has 1 heterocycles. The molecule has 4 rings (SSSR count). The number of rotatable bonds is 8. The van der Waals surface area contributed by atoms with Gasteiger partial charge in [0.15, 0.2) is 11.5 Å². The van der Waals surface area contributed by atoms with Crippen LogP contribution < -0.4 is 19.9 Å². The molecule has 7 heteroatoms. The molecule has 1 aliphatic heterocycles. The first-order chi connectivity index (χ1) is 16.5. The Kier molecular flexibility index (Phi) is 7.13. The van der Waals surface area contributed by atoms with Crippen LogP contribution in [0, 0.1) is 0 Å². The molecule has 1 saturated heterocycles. The molecule has 2 amide bonds. The van der Waals surface area contributed by atoms with E-state index in [-0.39, 0.29) is 5.57 Å². The van der Waals surface area contributed by atoms with E-state index in [1.807, 2.05) is 36.4 Å². The molecule has 3 aromatic carbocycles. The van der Waals surface area contributed by atoms with Crippen LogP contribution in [0.5, 0.6) is 11.5 Å². The van der Waals surface area contributed by atoms with Crippen LogP contribution >= 0.6 is 15.9 Å². The van der Waals surface area contributed by atoms with Gasteiger partial charge < -0.3 is 9.47 Å². The fraction of sp³-hybridized carbons (Fsp3) is 0.111. The standard InChI is InChI=1S/C27H23BrN2O4/c1-3-7-20-14-19(15-23-26(31)29-30(27(23)32)22-8-5-4-6-9-22)16-24(33-2)25(20)34-17-18-10-12-21(28)13-11-18/h3-6,8-16H,1,7,17H2,2H3,(H,29,31)/b23-15-. The van der Waals surface area contributed by atoms with E-state index in [4.69, 9.17) is 9.47 Å². The number of hydrazine groups is 1. The van der Waals surface area contributed by atoms with E-state index >= 15 is 0 Å². The van der Waals surface area contributed by atoms with E-state index in [1.54, 1.807) is 49.6 Å². The van der Waals surface area contributed by atoms with Crippen molar-refractivity contribution in [2.24, 2.45) is 0 Å². The average molecular weight is 519 g/mol. The van der Waals surface area contributed by atoms with Crippen molar-refractivity contribution in [3.63, 3.8) is 0 Å². The zero-order valence-electron chi connectivity index (χ0n) is 18.6. The van der Waals surface area contributed by atoms with Gasteiger partial charge in [0.2, 0.25) is 0 Å². The van der Waals surface area contributed by atoms with Crippen molar-refractivity contribution in [3.8, 4) is 11.5 Å². The number of halogens is 1. The summed E-state index contributed by atoms with van der Waals surface area (Å²) in [5.74, 6) is 0.222. The number of allylic oxidation sites excluding steroid dienone is 1. The SMILES string of the molecule is C=CCc1cc(/C=C2/C(=O)NN(c3ccccc3)C2=O)cc(OC)c1OCc1ccc(Br)cc1. The number of nitrogens with zero attached hydrogens (tertiary/aromatic N) is 1. The summed E-state index contributed by atoms with van der Waals surface area (Å²) in [6.45, 7) is 4.20. The fourth-order valence-electron chi connectivity index (χ4n) is 3.61. The van der Waals surface area contributed by atoms with Crippen LogP contribution in [0.15, 0.2) is 89.4 Å². The van der Waals surface area contributed by atoms with Crippen molar-refractivity contribution in [2.75, 3.05) is 12.1 Å². The quantitative estimate of drug-likeness (QED) is 0.252. The van der Waals surface area contributed by atoms with Crippen molar-refractivity contribution in [1.82, 2.24) is 5.43 Å². The van der Waals surface area contributed by atoms with Crippen molar-refractivity contribution in [1.29, 1.82) is 0 Å². The maximum Gasteiger partial charge on any atom is 0.282 e. The first-order valence-electron chi connectivity index (χ1n) is 10.6. The van der Waals surface area contributed by atoms with Gasteiger partial charge in [0.05, 0.1) is 12.8 Å². The Hall–Kier alpha value is -3.84. The smallest absolute Gasteiger partial charge is 0.282 e. The summed E-state index contributed by atoms with van der Waals surface area (Å²) in [6, 6.07) is 20.4. The van der Waals surface area contributed by atoms with Crippen LogP contribution in [0.3, 0.4) is 0 Å². The largest absolute Gasteiger partial charge is 0.493 e. The van der Waals surface area contributed by atoms with Gasteiger partial charge in [-0.3, -0.25) is 15.0 Å². The van der Waals surface area contributed by atoms with Gasteiger partial charge >= 0.3 is 0 Å². The van der Waals surface area contributed by atoms with Gasteiger partial charge in [-0.1, -0.05) is 52.3 Å². The number of para-hydroxylation sites is 1. The molecule has 6 nitrogen and oxygen atoms in total. The first-order valence-corrected chi connectivity index (χ1v) is 11.4. The predicted molar refractivity (Wildman–Crippen MR) is 135 cm³/mol. The lowest BCUT2D eigenvalue weighted by Gasteiger charge is -2.16. The third-order valence-electron chi connectivity index (χ3n) is 5.25. The lowest BCUT2D eigenvalue weighted by atomic mass is 10.0. The number of methoxy groups -OCH3 is 1. The minimum atomic E-state index is -0.464. The van der Waals surface area contributed by atoms with Crippen molar-refractivity contribution in [2.45, 2.75) is 13.0 Å². The van der Waals surface area contributed by atoms with Crippen LogP contribution in [-0.2, 0) is 22.6 Å². The highest BCUT2D eigenvalue weighted by Gasteiger charge is 2.34. The Labute approximate surface area is 206 Å². The highest BCUT2D eigenvalue weighted by Crippen LogP contribution is 2.35. The highest BCUT2D eigenvalue weighted by molar-refractivity contribution is 9.10.